The number of aromatic nitrogens is 6. The zero-order chi connectivity index (χ0) is 19.9. The second-order valence-electron chi connectivity index (χ2n) is 7.62. The molecule has 4 aromatic heterocycles. The van der Waals surface area contributed by atoms with Gasteiger partial charge in [-0.3, -0.25) is 0 Å². The van der Waals surface area contributed by atoms with Gasteiger partial charge in [-0.15, -0.1) is 10.2 Å². The average Bonchev–Trinajstić information content (AvgIpc) is 3.32. The highest BCUT2D eigenvalue weighted by atomic mass is 15.4. The smallest absolute Gasteiger partial charge is 0.200 e. The molecule has 0 saturated heterocycles. The van der Waals surface area contributed by atoms with Crippen molar-refractivity contribution >= 4 is 16.7 Å². The molecule has 7 heteroatoms. The topological polar surface area (TPSA) is 75.3 Å². The van der Waals surface area contributed by atoms with Gasteiger partial charge < -0.3 is 9.55 Å². The SMILES string of the molecule is c1cc(N[n+]2ccc(-c3cnc4[nH]ccc4c3)cc2)cc(-c2nncn2C2CC2)c1. The van der Waals surface area contributed by atoms with Crippen LogP contribution >= 0.6 is 0 Å². The first-order valence-electron chi connectivity index (χ1n) is 10.1. The normalized spacial score (nSPS) is 13.6. The zero-order valence-electron chi connectivity index (χ0n) is 16.2. The van der Waals surface area contributed by atoms with Crippen LogP contribution < -0.4 is 10.1 Å². The molecule has 0 atom stereocenters. The van der Waals surface area contributed by atoms with Crippen molar-refractivity contribution in [3.05, 3.63) is 79.6 Å². The number of nitrogens with zero attached hydrogens (tertiary/aromatic N) is 5. The Bertz CT molecular complexity index is 1330. The molecule has 6 rings (SSSR count). The fourth-order valence-electron chi connectivity index (χ4n) is 3.74. The minimum absolute atomic E-state index is 0.550. The average molecular weight is 394 g/mol. The number of hydrogen-bond donors (Lipinski definition) is 2. The molecule has 0 aliphatic heterocycles. The van der Waals surface area contributed by atoms with E-state index in [-0.39, 0.29) is 0 Å². The summed E-state index contributed by atoms with van der Waals surface area (Å²) in [5.41, 5.74) is 8.59. The number of nitrogens with one attached hydrogen (secondary N) is 2. The molecule has 0 bridgehead atoms. The number of benzene rings is 1. The van der Waals surface area contributed by atoms with Gasteiger partial charge in [0.15, 0.2) is 18.2 Å². The van der Waals surface area contributed by atoms with Crippen molar-refractivity contribution < 1.29 is 4.68 Å². The molecule has 2 N–H and O–H groups in total. The molecule has 4 heterocycles. The molecule has 1 aliphatic rings. The number of anilines is 1. The minimum atomic E-state index is 0.550. The Kier molecular flexibility index (Phi) is 3.84. The van der Waals surface area contributed by atoms with Crippen LogP contribution in [-0.4, -0.2) is 24.7 Å². The van der Waals surface area contributed by atoms with Crippen molar-refractivity contribution in [2.24, 2.45) is 0 Å². The van der Waals surface area contributed by atoms with Crippen LogP contribution in [0.1, 0.15) is 18.9 Å². The summed E-state index contributed by atoms with van der Waals surface area (Å²) < 4.78 is 4.12. The summed E-state index contributed by atoms with van der Waals surface area (Å²) in [6, 6.07) is 17.2. The van der Waals surface area contributed by atoms with E-state index in [9.17, 15) is 0 Å². The molecule has 146 valence electrons. The summed E-state index contributed by atoms with van der Waals surface area (Å²) in [4.78, 5) is 7.60. The summed E-state index contributed by atoms with van der Waals surface area (Å²) >= 11 is 0. The van der Waals surface area contributed by atoms with Crippen molar-refractivity contribution in [2.75, 3.05) is 5.43 Å². The van der Waals surface area contributed by atoms with Gasteiger partial charge in [0.25, 0.3) is 0 Å². The molecule has 1 aromatic carbocycles. The van der Waals surface area contributed by atoms with Crippen LogP contribution in [0.2, 0.25) is 0 Å². The van der Waals surface area contributed by atoms with Gasteiger partial charge in [0.05, 0.1) is 5.69 Å². The first-order valence-corrected chi connectivity index (χ1v) is 10.1. The number of pyridine rings is 2. The van der Waals surface area contributed by atoms with Gasteiger partial charge in [0.1, 0.15) is 12.0 Å². The van der Waals surface area contributed by atoms with Crippen LogP contribution in [0.15, 0.2) is 79.6 Å². The highest BCUT2D eigenvalue weighted by molar-refractivity contribution is 5.81. The number of fused-ring (bicyclic) bond motifs is 1. The van der Waals surface area contributed by atoms with Gasteiger partial charge in [0.2, 0.25) is 0 Å². The van der Waals surface area contributed by atoms with Gasteiger partial charge in [-0.1, -0.05) is 16.8 Å². The van der Waals surface area contributed by atoms with E-state index in [0.29, 0.717) is 6.04 Å². The van der Waals surface area contributed by atoms with E-state index in [1.807, 2.05) is 54.0 Å². The molecular weight excluding hydrogens is 374 g/mol. The number of H-pyrrole nitrogens is 1. The van der Waals surface area contributed by atoms with Gasteiger partial charge in [-0.05, 0) is 42.7 Å². The highest BCUT2D eigenvalue weighted by Crippen LogP contribution is 2.37. The van der Waals surface area contributed by atoms with E-state index < -0.39 is 0 Å². The third-order valence-electron chi connectivity index (χ3n) is 5.46. The Hall–Kier alpha value is -4.00. The summed E-state index contributed by atoms with van der Waals surface area (Å²) in [6.07, 6.45) is 12.1. The molecular formula is C23H20N7+. The van der Waals surface area contributed by atoms with Crippen molar-refractivity contribution in [3.63, 3.8) is 0 Å². The number of aromatic amines is 1. The van der Waals surface area contributed by atoms with Gasteiger partial charge >= 0.3 is 0 Å². The lowest BCUT2D eigenvalue weighted by Crippen LogP contribution is -2.41. The van der Waals surface area contributed by atoms with Crippen LogP contribution in [0.4, 0.5) is 5.69 Å². The zero-order valence-corrected chi connectivity index (χ0v) is 16.2. The van der Waals surface area contributed by atoms with Crippen molar-refractivity contribution in [2.45, 2.75) is 18.9 Å². The summed E-state index contributed by atoms with van der Waals surface area (Å²) in [6.45, 7) is 0. The highest BCUT2D eigenvalue weighted by Gasteiger charge is 2.26. The van der Waals surface area contributed by atoms with E-state index in [2.05, 4.69) is 60.5 Å². The van der Waals surface area contributed by atoms with Crippen molar-refractivity contribution in [1.82, 2.24) is 24.7 Å². The van der Waals surface area contributed by atoms with Gasteiger partial charge in [-0.25, -0.2) is 4.98 Å². The van der Waals surface area contributed by atoms with Crippen LogP contribution in [0.25, 0.3) is 33.5 Å². The van der Waals surface area contributed by atoms with Crippen LogP contribution in [0.3, 0.4) is 0 Å². The van der Waals surface area contributed by atoms with Crippen molar-refractivity contribution in [1.29, 1.82) is 0 Å². The van der Waals surface area contributed by atoms with E-state index in [0.717, 1.165) is 39.2 Å². The predicted molar refractivity (Wildman–Crippen MR) is 114 cm³/mol. The summed E-state index contributed by atoms with van der Waals surface area (Å²) in [5, 5.41) is 9.55. The maximum Gasteiger partial charge on any atom is 0.200 e. The number of rotatable bonds is 5. The maximum atomic E-state index is 4.47. The molecule has 0 amide bonds. The van der Waals surface area contributed by atoms with E-state index in [1.165, 1.54) is 12.8 Å². The molecule has 5 aromatic rings. The molecule has 30 heavy (non-hydrogen) atoms. The fourth-order valence-corrected chi connectivity index (χ4v) is 3.74. The van der Waals surface area contributed by atoms with Crippen molar-refractivity contribution in [3.8, 4) is 22.5 Å². The first-order chi connectivity index (χ1) is 14.8. The monoisotopic (exact) mass is 394 g/mol. The summed E-state index contributed by atoms with van der Waals surface area (Å²) in [5.74, 6) is 0.925. The third-order valence-corrected chi connectivity index (χ3v) is 5.46. The minimum Gasteiger partial charge on any atom is -0.346 e. The van der Waals surface area contributed by atoms with Crippen LogP contribution in [-0.2, 0) is 0 Å². The largest absolute Gasteiger partial charge is 0.346 e. The predicted octanol–water partition coefficient (Wildman–Crippen LogP) is 3.99. The summed E-state index contributed by atoms with van der Waals surface area (Å²) in [7, 11) is 0. The Morgan fingerprint density at radius 2 is 1.90 bits per heavy atom. The van der Waals surface area contributed by atoms with Crippen LogP contribution in [0, 0.1) is 0 Å². The quantitative estimate of drug-likeness (QED) is 0.442. The lowest BCUT2D eigenvalue weighted by Gasteiger charge is -2.07. The third kappa shape index (κ3) is 3.10. The molecule has 1 saturated carbocycles. The second kappa shape index (κ2) is 6.81. The standard InChI is InChI=1S/C23H19N7/c1-2-18(23-27-26-15-30(23)21-4-5-21)13-20(3-1)28-29-10-7-16(8-11-29)19-12-17-6-9-24-22(17)25-14-19/h1-3,6-15,21,28H,4-5H2/p+1. The molecule has 1 fully saturated rings. The van der Waals surface area contributed by atoms with Crippen LogP contribution in [0.5, 0.6) is 0 Å². The Balaban J connectivity index is 1.24. The first kappa shape index (κ1) is 16.9. The lowest BCUT2D eigenvalue weighted by atomic mass is 10.1. The molecule has 0 spiro atoms. The lowest BCUT2D eigenvalue weighted by molar-refractivity contribution is -0.642. The van der Waals surface area contributed by atoms with Gasteiger partial charge in [0, 0.05) is 47.1 Å². The second-order valence-corrected chi connectivity index (χ2v) is 7.62. The van der Waals surface area contributed by atoms with E-state index >= 15 is 0 Å². The fraction of sp³-hybridized carbons (Fsp3) is 0.130. The molecule has 1 aliphatic carbocycles. The molecule has 7 nitrogen and oxygen atoms in total. The molecule has 0 radical (unpaired) electrons. The van der Waals surface area contributed by atoms with Gasteiger partial charge in [-0.2, -0.15) is 5.43 Å². The Morgan fingerprint density at radius 1 is 1.00 bits per heavy atom. The Labute approximate surface area is 173 Å². The molecule has 0 unspecified atom stereocenters. The maximum absolute atomic E-state index is 4.47. The number of hydrogen-bond acceptors (Lipinski definition) is 4. The van der Waals surface area contributed by atoms with E-state index in [4.69, 9.17) is 0 Å². The van der Waals surface area contributed by atoms with E-state index in [1.54, 1.807) is 0 Å². The Morgan fingerprint density at radius 3 is 2.77 bits per heavy atom.